The quantitative estimate of drug-likeness (QED) is 0.0435. The van der Waals surface area contributed by atoms with Gasteiger partial charge in [0.25, 0.3) is 11.8 Å². The number of primary amides is 1. The Morgan fingerprint density at radius 1 is 1.48 bits per heavy atom. The van der Waals surface area contributed by atoms with Gasteiger partial charge in [-0.05, 0) is 5.53 Å². The van der Waals surface area contributed by atoms with Gasteiger partial charge >= 0.3 is 16.4 Å². The second-order valence-electron chi connectivity index (χ2n) is 5.56. The summed E-state index contributed by atoms with van der Waals surface area (Å²) in [6.45, 7) is -1.01. The highest BCUT2D eigenvalue weighted by atomic mass is 32.2. The summed E-state index contributed by atoms with van der Waals surface area (Å²) in [7, 11) is -4.99. The topological polar surface area (TPSA) is 265 Å². The Morgan fingerprint density at radius 2 is 2.19 bits per heavy atom. The first-order valence-corrected chi connectivity index (χ1v) is 10.3. The first-order valence-electron chi connectivity index (χ1n) is 8.02. The fourth-order valence-corrected chi connectivity index (χ4v) is 3.75. The van der Waals surface area contributed by atoms with Crippen molar-refractivity contribution in [1.29, 1.82) is 0 Å². The zero-order chi connectivity index (χ0) is 23.2. The largest absolute Gasteiger partial charge is 0.447 e. The van der Waals surface area contributed by atoms with Crippen molar-refractivity contribution in [3.63, 3.8) is 0 Å². The molecule has 0 saturated carbocycles. The molecule has 1 saturated heterocycles. The van der Waals surface area contributed by atoms with E-state index in [0.717, 1.165) is 11.3 Å². The number of rotatable bonds is 10. The minimum absolute atomic E-state index is 0.0212. The average Bonchev–Trinajstić information content (AvgIpc) is 3.10. The Balaban J connectivity index is 2.21. The Kier molecular flexibility index (Phi) is 7.53. The second kappa shape index (κ2) is 9.89. The van der Waals surface area contributed by atoms with Crippen LogP contribution in [-0.2, 0) is 29.5 Å². The van der Waals surface area contributed by atoms with E-state index in [1.807, 2.05) is 0 Å². The van der Waals surface area contributed by atoms with E-state index in [4.69, 9.17) is 26.4 Å². The standard InChI is InChI=1S/C12H15N9O8S2/c13-11-17-5(4-30-11)7(19-29-2-1-16-20-15)9(22)18-8-6(3-28-12(14)24)21(10(8)23)31(25,26)27/h4,6,8H,1-3H2,(H2,13,17)(H2,14,24)(H,18,22)(H,25,26,27)/b19-7+/t6-,8+/m1/s1. The number of thiazole rings is 1. The number of aromatic nitrogens is 1. The molecule has 0 spiro atoms. The van der Waals surface area contributed by atoms with Crippen LogP contribution in [0.15, 0.2) is 15.7 Å². The van der Waals surface area contributed by atoms with E-state index in [-0.39, 0.29) is 28.3 Å². The maximum Gasteiger partial charge on any atom is 0.404 e. The van der Waals surface area contributed by atoms with Gasteiger partial charge in [-0.3, -0.25) is 14.1 Å². The number of nitrogens with one attached hydrogen (secondary N) is 1. The first kappa shape index (κ1) is 23.6. The van der Waals surface area contributed by atoms with Crippen molar-refractivity contribution in [3.05, 3.63) is 21.5 Å². The van der Waals surface area contributed by atoms with Gasteiger partial charge in [0.15, 0.2) is 10.8 Å². The zero-order valence-electron chi connectivity index (χ0n) is 15.3. The lowest BCUT2D eigenvalue weighted by Crippen LogP contribution is -2.73. The maximum absolute atomic E-state index is 12.7. The number of amides is 3. The van der Waals surface area contributed by atoms with Gasteiger partial charge < -0.3 is 26.4 Å². The summed E-state index contributed by atoms with van der Waals surface area (Å²) in [5, 5.41) is 10.5. The van der Waals surface area contributed by atoms with Gasteiger partial charge in [0.1, 0.15) is 31.0 Å². The molecule has 19 heteroatoms. The van der Waals surface area contributed by atoms with Gasteiger partial charge in [-0.25, -0.2) is 14.1 Å². The number of oxime groups is 1. The second-order valence-corrected chi connectivity index (χ2v) is 7.74. The van der Waals surface area contributed by atoms with Gasteiger partial charge in [0, 0.05) is 10.3 Å². The molecule has 1 aromatic heterocycles. The number of β-lactam (4-membered cyclic amide) rings is 1. The first-order chi connectivity index (χ1) is 14.6. The highest BCUT2D eigenvalue weighted by Crippen LogP contribution is 2.24. The number of nitrogens with two attached hydrogens (primary N) is 2. The summed E-state index contributed by atoms with van der Waals surface area (Å²) in [5.41, 5.74) is 18.1. The van der Waals surface area contributed by atoms with Gasteiger partial charge in [-0.1, -0.05) is 10.3 Å². The number of nitrogens with zero attached hydrogens (tertiary/aromatic N) is 6. The molecule has 0 aliphatic carbocycles. The summed E-state index contributed by atoms with van der Waals surface area (Å²) in [4.78, 5) is 46.9. The van der Waals surface area contributed by atoms with Crippen molar-refractivity contribution in [2.75, 3.05) is 25.5 Å². The van der Waals surface area contributed by atoms with Crippen LogP contribution in [0.2, 0.25) is 0 Å². The molecule has 0 radical (unpaired) electrons. The molecular formula is C12H15N9O8S2. The minimum Gasteiger partial charge on any atom is -0.447 e. The monoisotopic (exact) mass is 477 g/mol. The molecule has 2 rings (SSSR count). The summed E-state index contributed by atoms with van der Waals surface area (Å²) in [6, 6.07) is -2.98. The molecule has 1 fully saturated rings. The molecule has 2 atom stereocenters. The Bertz CT molecular complexity index is 1050. The van der Waals surface area contributed by atoms with E-state index in [0.29, 0.717) is 0 Å². The number of anilines is 1. The van der Waals surface area contributed by atoms with E-state index in [1.165, 1.54) is 5.38 Å². The third kappa shape index (κ3) is 5.92. The molecule has 2 heterocycles. The fraction of sp³-hybridized carbons (Fsp3) is 0.417. The molecular weight excluding hydrogens is 462 g/mol. The highest BCUT2D eigenvalue weighted by molar-refractivity contribution is 7.84. The van der Waals surface area contributed by atoms with Crippen molar-refractivity contribution >= 4 is 50.4 Å². The fourth-order valence-electron chi connectivity index (χ4n) is 2.34. The lowest BCUT2D eigenvalue weighted by atomic mass is 9.99. The van der Waals surface area contributed by atoms with Crippen molar-refractivity contribution in [3.8, 4) is 0 Å². The van der Waals surface area contributed by atoms with Crippen molar-refractivity contribution in [2.45, 2.75) is 12.1 Å². The van der Waals surface area contributed by atoms with Gasteiger partial charge in [0.05, 0.1) is 6.54 Å². The number of hydrogen-bond acceptors (Lipinski definition) is 12. The van der Waals surface area contributed by atoms with E-state index >= 15 is 0 Å². The van der Waals surface area contributed by atoms with Crippen LogP contribution in [0.1, 0.15) is 5.69 Å². The zero-order valence-corrected chi connectivity index (χ0v) is 16.9. The van der Waals surface area contributed by atoms with Gasteiger partial charge in [0.2, 0.25) is 0 Å². The number of ether oxygens (including phenoxy) is 1. The Morgan fingerprint density at radius 3 is 2.74 bits per heavy atom. The number of nitrogen functional groups attached to an aromatic ring is 1. The van der Waals surface area contributed by atoms with Crippen LogP contribution in [0.5, 0.6) is 0 Å². The number of hydrogen-bond donors (Lipinski definition) is 4. The molecule has 1 aromatic rings. The smallest absolute Gasteiger partial charge is 0.404 e. The Hall–Kier alpha value is -3.67. The number of carbonyl (C=O) groups is 3. The van der Waals surface area contributed by atoms with Crippen molar-refractivity contribution in [1.82, 2.24) is 14.6 Å². The molecule has 0 aromatic carbocycles. The van der Waals surface area contributed by atoms with Crippen molar-refractivity contribution in [2.24, 2.45) is 16.0 Å². The van der Waals surface area contributed by atoms with E-state index in [9.17, 15) is 22.8 Å². The lowest BCUT2D eigenvalue weighted by molar-refractivity contribution is -0.146. The summed E-state index contributed by atoms with van der Waals surface area (Å²) in [6.07, 6.45) is -1.27. The molecule has 17 nitrogen and oxygen atoms in total. The SMILES string of the molecule is [N-]=[N+]=NCCO/N=C(/C(=O)N[C@@H]1C(=O)N(S(=O)(=O)O)[C@@H]1COC(N)=O)c1csc(N)n1. The van der Waals surface area contributed by atoms with Crippen LogP contribution >= 0.6 is 11.3 Å². The molecule has 3 amide bonds. The van der Waals surface area contributed by atoms with Gasteiger partial charge in [-0.15, -0.1) is 11.3 Å². The summed E-state index contributed by atoms with van der Waals surface area (Å²) < 4.78 is 36.4. The van der Waals surface area contributed by atoms with Crippen LogP contribution in [0.25, 0.3) is 10.4 Å². The summed E-state index contributed by atoms with van der Waals surface area (Å²) >= 11 is 0.977. The predicted molar refractivity (Wildman–Crippen MR) is 103 cm³/mol. The van der Waals surface area contributed by atoms with Crippen LogP contribution in [-0.4, -0.2) is 77.7 Å². The van der Waals surface area contributed by atoms with E-state index < -0.39 is 52.6 Å². The van der Waals surface area contributed by atoms with Crippen LogP contribution < -0.4 is 16.8 Å². The molecule has 31 heavy (non-hydrogen) atoms. The third-order valence-electron chi connectivity index (χ3n) is 3.58. The van der Waals surface area contributed by atoms with E-state index in [2.05, 4.69) is 30.2 Å². The maximum atomic E-state index is 12.7. The molecule has 6 N–H and O–H groups in total. The third-order valence-corrected chi connectivity index (χ3v) is 5.20. The van der Waals surface area contributed by atoms with Crippen molar-refractivity contribution < 1.29 is 36.9 Å². The Labute approximate surface area is 177 Å². The molecule has 1 aliphatic rings. The molecule has 0 bridgehead atoms. The van der Waals surface area contributed by atoms with Gasteiger partial charge in [-0.2, -0.15) is 8.42 Å². The number of azide groups is 1. The highest BCUT2D eigenvalue weighted by Gasteiger charge is 2.54. The molecule has 168 valence electrons. The molecule has 1 aliphatic heterocycles. The van der Waals surface area contributed by atoms with E-state index in [1.54, 1.807) is 0 Å². The molecule has 0 unspecified atom stereocenters. The van der Waals surface area contributed by atoms with Crippen LogP contribution in [0, 0.1) is 0 Å². The predicted octanol–water partition coefficient (Wildman–Crippen LogP) is -1.65. The van der Waals surface area contributed by atoms with Crippen LogP contribution in [0.4, 0.5) is 9.93 Å². The average molecular weight is 477 g/mol. The summed E-state index contributed by atoms with van der Waals surface area (Å²) in [5.74, 6) is -2.22. The number of carbonyl (C=O) groups excluding carboxylic acids is 3. The lowest BCUT2D eigenvalue weighted by Gasteiger charge is -2.43. The minimum atomic E-state index is -4.99. The normalized spacial score (nSPS) is 18.5. The van der Waals surface area contributed by atoms with Crippen LogP contribution in [0.3, 0.4) is 0 Å².